The molecule has 4 nitrogen and oxygen atoms in total. The van der Waals surface area contributed by atoms with Crippen LogP contribution < -0.4 is 15.4 Å². The Morgan fingerprint density at radius 3 is 2.52 bits per heavy atom. The smallest absolute Gasteiger partial charge is 0.191 e. The zero-order chi connectivity index (χ0) is 15.7. The monoisotopic (exact) mass is 291 g/mol. The zero-order valence-corrected chi connectivity index (χ0v) is 13.9. The van der Waals surface area contributed by atoms with Crippen LogP contribution in [0.3, 0.4) is 0 Å². The van der Waals surface area contributed by atoms with Gasteiger partial charge in [0.1, 0.15) is 5.75 Å². The molecule has 1 aromatic rings. The van der Waals surface area contributed by atoms with Gasteiger partial charge in [0.05, 0.1) is 13.2 Å². The highest BCUT2D eigenvalue weighted by Crippen LogP contribution is 2.19. The first kappa shape index (κ1) is 17.3. The molecule has 1 rings (SSSR count). The molecule has 118 valence electrons. The molecule has 1 aromatic carbocycles. The fourth-order valence-electron chi connectivity index (χ4n) is 1.79. The van der Waals surface area contributed by atoms with Gasteiger partial charge in [0.25, 0.3) is 0 Å². The lowest BCUT2D eigenvalue weighted by molar-refractivity contribution is 0.268. The summed E-state index contributed by atoms with van der Waals surface area (Å²) in [5.74, 6) is 2.28. The number of ether oxygens (including phenoxy) is 1. The molecule has 21 heavy (non-hydrogen) atoms. The quantitative estimate of drug-likeness (QED) is 0.599. The molecule has 0 aromatic heterocycles. The van der Waals surface area contributed by atoms with Crippen molar-refractivity contribution in [2.45, 2.75) is 47.2 Å². The van der Waals surface area contributed by atoms with Gasteiger partial charge in [0.15, 0.2) is 5.96 Å². The Kier molecular flexibility index (Phi) is 7.65. The van der Waals surface area contributed by atoms with Gasteiger partial charge in [-0.1, -0.05) is 32.0 Å². The number of nitrogens with one attached hydrogen (secondary N) is 2. The highest BCUT2D eigenvalue weighted by Gasteiger charge is 2.05. The Balaban J connectivity index is 2.75. The number of benzene rings is 1. The first-order valence-corrected chi connectivity index (χ1v) is 7.78. The molecule has 0 amide bonds. The Bertz CT molecular complexity index is 441. The van der Waals surface area contributed by atoms with Crippen molar-refractivity contribution in [2.75, 3.05) is 13.2 Å². The number of guanidine groups is 1. The molecule has 0 aliphatic rings. The van der Waals surface area contributed by atoms with Crippen molar-refractivity contribution in [1.82, 2.24) is 10.6 Å². The van der Waals surface area contributed by atoms with E-state index in [9.17, 15) is 0 Å². The first-order chi connectivity index (χ1) is 10.0. The van der Waals surface area contributed by atoms with Crippen LogP contribution in [0.2, 0.25) is 0 Å². The van der Waals surface area contributed by atoms with E-state index in [2.05, 4.69) is 56.3 Å². The maximum absolute atomic E-state index is 5.86. The van der Waals surface area contributed by atoms with Gasteiger partial charge in [0.2, 0.25) is 0 Å². The molecule has 0 saturated heterocycles. The van der Waals surface area contributed by atoms with E-state index in [1.807, 2.05) is 18.2 Å². The van der Waals surface area contributed by atoms with Crippen LogP contribution in [0, 0.1) is 5.92 Å². The Labute approximate surface area is 129 Å². The molecular formula is C17H29N3O. The molecule has 0 atom stereocenters. The topological polar surface area (TPSA) is 45.7 Å². The summed E-state index contributed by atoms with van der Waals surface area (Å²) >= 11 is 0. The lowest BCUT2D eigenvalue weighted by atomic mass is 10.2. The largest absolute Gasteiger partial charge is 0.493 e. The van der Waals surface area contributed by atoms with E-state index in [4.69, 9.17) is 4.74 Å². The van der Waals surface area contributed by atoms with Crippen molar-refractivity contribution >= 4 is 5.96 Å². The molecular weight excluding hydrogens is 262 g/mol. The normalized spacial score (nSPS) is 11.9. The second kappa shape index (κ2) is 9.27. The third-order valence-corrected chi connectivity index (χ3v) is 2.72. The van der Waals surface area contributed by atoms with Gasteiger partial charge in [-0.2, -0.15) is 0 Å². The summed E-state index contributed by atoms with van der Waals surface area (Å²) in [5.41, 5.74) is 1.11. The lowest BCUT2D eigenvalue weighted by Crippen LogP contribution is -2.41. The second-order valence-electron chi connectivity index (χ2n) is 5.81. The second-order valence-corrected chi connectivity index (χ2v) is 5.81. The minimum atomic E-state index is 0.357. The fraction of sp³-hybridized carbons (Fsp3) is 0.588. The van der Waals surface area contributed by atoms with Crippen molar-refractivity contribution in [1.29, 1.82) is 0 Å². The predicted octanol–water partition coefficient (Wildman–Crippen LogP) is 3.18. The number of hydrogen-bond acceptors (Lipinski definition) is 2. The zero-order valence-electron chi connectivity index (χ0n) is 13.9. The van der Waals surface area contributed by atoms with Gasteiger partial charge in [-0.25, -0.2) is 4.99 Å². The summed E-state index contributed by atoms with van der Waals surface area (Å²) in [4.78, 5) is 4.63. The van der Waals surface area contributed by atoms with Crippen molar-refractivity contribution < 1.29 is 4.74 Å². The van der Waals surface area contributed by atoms with Crippen LogP contribution in [-0.2, 0) is 6.54 Å². The average Bonchev–Trinajstić information content (AvgIpc) is 2.43. The fourth-order valence-corrected chi connectivity index (χ4v) is 1.79. The van der Waals surface area contributed by atoms with Crippen LogP contribution in [0.15, 0.2) is 29.3 Å². The van der Waals surface area contributed by atoms with E-state index in [1.165, 1.54) is 0 Å². The third kappa shape index (κ3) is 7.02. The molecule has 0 spiro atoms. The van der Waals surface area contributed by atoms with E-state index in [-0.39, 0.29) is 0 Å². The van der Waals surface area contributed by atoms with Crippen LogP contribution in [0.1, 0.15) is 40.2 Å². The summed E-state index contributed by atoms with van der Waals surface area (Å²) in [6.45, 7) is 12.8. The molecule has 0 unspecified atom stereocenters. The molecule has 0 heterocycles. The van der Waals surface area contributed by atoms with Crippen LogP contribution >= 0.6 is 0 Å². The first-order valence-electron chi connectivity index (χ1n) is 7.78. The molecule has 2 N–H and O–H groups in total. The van der Waals surface area contributed by atoms with Crippen molar-refractivity contribution in [3.05, 3.63) is 29.8 Å². The third-order valence-electron chi connectivity index (χ3n) is 2.72. The molecule has 0 saturated carbocycles. The van der Waals surface area contributed by atoms with Gasteiger partial charge in [-0.15, -0.1) is 0 Å². The minimum absolute atomic E-state index is 0.357. The van der Waals surface area contributed by atoms with Crippen LogP contribution in [-0.4, -0.2) is 25.2 Å². The van der Waals surface area contributed by atoms with Gasteiger partial charge in [0, 0.05) is 18.2 Å². The maximum Gasteiger partial charge on any atom is 0.191 e. The molecule has 4 heteroatoms. The molecule has 0 radical (unpaired) electrons. The van der Waals surface area contributed by atoms with Crippen LogP contribution in [0.25, 0.3) is 0 Å². The Morgan fingerprint density at radius 2 is 1.90 bits per heavy atom. The molecule has 0 fully saturated rings. The van der Waals surface area contributed by atoms with Crippen LogP contribution in [0.4, 0.5) is 0 Å². The standard InChI is InChI=1S/C17H29N3O/c1-6-18-17(20-14(4)5)19-11-15-9-7-8-10-16(15)21-12-13(2)3/h7-10,13-14H,6,11-12H2,1-5H3,(H2,18,19,20). The van der Waals surface area contributed by atoms with E-state index in [0.29, 0.717) is 18.5 Å². The SMILES string of the molecule is CCNC(=NCc1ccccc1OCC(C)C)NC(C)C. The number of rotatable bonds is 7. The van der Waals surface area contributed by atoms with Crippen LogP contribution in [0.5, 0.6) is 5.75 Å². The number of nitrogens with zero attached hydrogens (tertiary/aromatic N) is 1. The van der Waals surface area contributed by atoms with Crippen molar-refractivity contribution in [2.24, 2.45) is 10.9 Å². The number of para-hydroxylation sites is 1. The predicted molar refractivity (Wildman–Crippen MR) is 89.9 cm³/mol. The highest BCUT2D eigenvalue weighted by molar-refractivity contribution is 5.80. The number of hydrogen-bond donors (Lipinski definition) is 2. The lowest BCUT2D eigenvalue weighted by Gasteiger charge is -2.15. The summed E-state index contributed by atoms with van der Waals surface area (Å²) in [6.07, 6.45) is 0. The Morgan fingerprint density at radius 1 is 1.19 bits per heavy atom. The maximum atomic E-state index is 5.86. The van der Waals surface area contributed by atoms with Gasteiger partial charge >= 0.3 is 0 Å². The number of aliphatic imine (C=N–C) groups is 1. The highest BCUT2D eigenvalue weighted by atomic mass is 16.5. The van der Waals surface area contributed by atoms with E-state index in [0.717, 1.165) is 30.4 Å². The summed E-state index contributed by atoms with van der Waals surface area (Å²) in [5, 5.41) is 6.57. The molecule has 0 aliphatic carbocycles. The van der Waals surface area contributed by atoms with Gasteiger partial charge in [-0.05, 0) is 32.8 Å². The van der Waals surface area contributed by atoms with E-state index in [1.54, 1.807) is 0 Å². The molecule has 0 aliphatic heterocycles. The summed E-state index contributed by atoms with van der Waals surface area (Å²) < 4.78 is 5.86. The molecule has 0 bridgehead atoms. The van der Waals surface area contributed by atoms with Crippen molar-refractivity contribution in [3.8, 4) is 5.75 Å². The minimum Gasteiger partial charge on any atom is -0.493 e. The Hall–Kier alpha value is -1.71. The van der Waals surface area contributed by atoms with Crippen molar-refractivity contribution in [3.63, 3.8) is 0 Å². The summed E-state index contributed by atoms with van der Waals surface area (Å²) in [6, 6.07) is 8.46. The van der Waals surface area contributed by atoms with E-state index < -0.39 is 0 Å². The average molecular weight is 291 g/mol. The summed E-state index contributed by atoms with van der Waals surface area (Å²) in [7, 11) is 0. The van der Waals surface area contributed by atoms with Gasteiger partial charge < -0.3 is 15.4 Å². The van der Waals surface area contributed by atoms with Gasteiger partial charge in [-0.3, -0.25) is 0 Å². The van der Waals surface area contributed by atoms with E-state index >= 15 is 0 Å².